The van der Waals surface area contributed by atoms with Crippen LogP contribution < -0.4 is 16.0 Å². The highest BCUT2D eigenvalue weighted by molar-refractivity contribution is 5.96. The zero-order valence-electron chi connectivity index (χ0n) is 9.40. The molecule has 86 valence electrons. The lowest BCUT2D eigenvalue weighted by atomic mass is 10.1. The van der Waals surface area contributed by atoms with E-state index in [1.54, 1.807) is 0 Å². The normalized spacial score (nSPS) is 9.94. The second kappa shape index (κ2) is 4.68. The third-order valence-electron chi connectivity index (χ3n) is 2.43. The lowest BCUT2D eigenvalue weighted by molar-refractivity contribution is 0.343. The van der Waals surface area contributed by atoms with E-state index in [2.05, 4.69) is 10.4 Å². The molecule has 0 spiro atoms. The molecule has 0 saturated carbocycles. The van der Waals surface area contributed by atoms with Gasteiger partial charge in [0, 0.05) is 11.6 Å². The molecule has 1 aromatic carbocycles. The van der Waals surface area contributed by atoms with Crippen molar-refractivity contribution in [2.45, 2.75) is 6.92 Å². The van der Waals surface area contributed by atoms with Crippen LogP contribution in [0.15, 0.2) is 24.4 Å². The van der Waals surface area contributed by atoms with E-state index in [1.807, 2.05) is 31.2 Å². The number of benzene rings is 1. The van der Waals surface area contributed by atoms with Crippen molar-refractivity contribution in [1.29, 1.82) is 5.26 Å². The van der Waals surface area contributed by atoms with E-state index in [0.29, 0.717) is 29.1 Å². The molecule has 1 heterocycles. The van der Waals surface area contributed by atoms with E-state index >= 15 is 0 Å². The number of ether oxygens (including phenoxy) is 1. The number of pyridine rings is 1. The zero-order valence-corrected chi connectivity index (χ0v) is 9.40. The topological polar surface area (TPSA) is 84.0 Å². The Hall–Kier alpha value is -2.32. The van der Waals surface area contributed by atoms with Gasteiger partial charge in [-0.25, -0.2) is 0 Å². The van der Waals surface area contributed by atoms with E-state index in [-0.39, 0.29) is 0 Å². The van der Waals surface area contributed by atoms with Crippen LogP contribution in [0.4, 0.5) is 5.69 Å². The SMILES string of the molecule is CCOc1cccc2c(NN)c(C#N)cnc12. The van der Waals surface area contributed by atoms with Crippen LogP contribution in [0.5, 0.6) is 5.75 Å². The molecule has 0 aliphatic heterocycles. The number of nitrogens with one attached hydrogen (secondary N) is 1. The van der Waals surface area contributed by atoms with E-state index in [4.69, 9.17) is 15.8 Å². The molecule has 5 heteroatoms. The number of nitriles is 1. The molecular weight excluding hydrogens is 216 g/mol. The van der Waals surface area contributed by atoms with Crippen LogP contribution in [0.2, 0.25) is 0 Å². The Bertz CT molecular complexity index is 589. The fourth-order valence-corrected chi connectivity index (χ4v) is 1.71. The molecule has 0 aliphatic carbocycles. The van der Waals surface area contributed by atoms with Gasteiger partial charge in [0.05, 0.1) is 17.9 Å². The Morgan fingerprint density at radius 1 is 1.53 bits per heavy atom. The van der Waals surface area contributed by atoms with Gasteiger partial charge in [-0.1, -0.05) is 12.1 Å². The van der Waals surface area contributed by atoms with Gasteiger partial charge in [-0.15, -0.1) is 0 Å². The molecule has 5 nitrogen and oxygen atoms in total. The number of anilines is 1. The number of hydrogen-bond donors (Lipinski definition) is 2. The summed E-state index contributed by atoms with van der Waals surface area (Å²) in [5.74, 6) is 6.13. The first-order valence-electron chi connectivity index (χ1n) is 5.23. The number of nitrogens with zero attached hydrogens (tertiary/aromatic N) is 2. The molecule has 0 bridgehead atoms. The van der Waals surface area contributed by atoms with Crippen LogP contribution in [0, 0.1) is 11.3 Å². The van der Waals surface area contributed by atoms with Gasteiger partial charge in [-0.05, 0) is 13.0 Å². The average molecular weight is 228 g/mol. The fraction of sp³-hybridized carbons (Fsp3) is 0.167. The molecule has 2 rings (SSSR count). The standard InChI is InChI=1S/C12H12N4O/c1-2-17-10-5-3-4-9-11(16-14)8(6-13)7-15-12(9)10/h3-5,7H,2,14H2,1H3,(H,15,16). The summed E-state index contributed by atoms with van der Waals surface area (Å²) in [5.41, 5.74) is 4.22. The number of hydrogen-bond acceptors (Lipinski definition) is 5. The second-order valence-corrected chi connectivity index (χ2v) is 3.39. The number of rotatable bonds is 3. The molecule has 0 fully saturated rings. The molecule has 0 aliphatic rings. The number of nitrogens with two attached hydrogens (primary N) is 1. The van der Waals surface area contributed by atoms with E-state index in [1.165, 1.54) is 6.20 Å². The Morgan fingerprint density at radius 2 is 2.35 bits per heavy atom. The van der Waals surface area contributed by atoms with Crippen molar-refractivity contribution in [3.05, 3.63) is 30.0 Å². The first kappa shape index (κ1) is 11.2. The molecule has 2 aromatic rings. The second-order valence-electron chi connectivity index (χ2n) is 3.39. The summed E-state index contributed by atoms with van der Waals surface area (Å²) in [5, 5.41) is 9.74. The van der Waals surface area contributed by atoms with Crippen molar-refractivity contribution in [3.8, 4) is 11.8 Å². The number of hydrazine groups is 1. The molecule has 0 atom stereocenters. The summed E-state index contributed by atoms with van der Waals surface area (Å²) in [6.07, 6.45) is 1.49. The highest BCUT2D eigenvalue weighted by atomic mass is 16.5. The van der Waals surface area contributed by atoms with Gasteiger partial charge in [0.15, 0.2) is 0 Å². The Kier molecular flexibility index (Phi) is 3.08. The quantitative estimate of drug-likeness (QED) is 0.618. The Morgan fingerprint density at radius 3 is 3.00 bits per heavy atom. The van der Waals surface area contributed by atoms with Crippen LogP contribution in [-0.2, 0) is 0 Å². The lowest BCUT2D eigenvalue weighted by Crippen LogP contribution is -2.09. The van der Waals surface area contributed by atoms with Gasteiger partial charge in [-0.3, -0.25) is 10.8 Å². The largest absolute Gasteiger partial charge is 0.492 e. The number of nitrogen functional groups attached to an aromatic ring is 1. The van der Waals surface area contributed by atoms with Crippen molar-refractivity contribution >= 4 is 16.6 Å². The molecule has 0 unspecified atom stereocenters. The molecule has 0 amide bonds. The van der Waals surface area contributed by atoms with Crippen molar-refractivity contribution in [3.63, 3.8) is 0 Å². The molecular formula is C12H12N4O. The molecule has 3 N–H and O–H groups in total. The number of para-hydroxylation sites is 1. The maximum Gasteiger partial charge on any atom is 0.145 e. The minimum atomic E-state index is 0.411. The number of aromatic nitrogens is 1. The van der Waals surface area contributed by atoms with Crippen molar-refractivity contribution in [1.82, 2.24) is 4.98 Å². The van der Waals surface area contributed by atoms with Gasteiger partial charge in [0.1, 0.15) is 17.3 Å². The minimum Gasteiger partial charge on any atom is -0.492 e. The zero-order chi connectivity index (χ0) is 12.3. The predicted molar refractivity (Wildman–Crippen MR) is 65.4 cm³/mol. The highest BCUT2D eigenvalue weighted by Crippen LogP contribution is 2.30. The van der Waals surface area contributed by atoms with Crippen LogP contribution in [0.25, 0.3) is 10.9 Å². The summed E-state index contributed by atoms with van der Waals surface area (Å²) in [6.45, 7) is 2.47. The van der Waals surface area contributed by atoms with E-state index in [0.717, 1.165) is 5.39 Å². The summed E-state index contributed by atoms with van der Waals surface area (Å²) < 4.78 is 5.48. The van der Waals surface area contributed by atoms with Gasteiger partial charge >= 0.3 is 0 Å². The van der Waals surface area contributed by atoms with Crippen LogP contribution in [0.3, 0.4) is 0 Å². The van der Waals surface area contributed by atoms with Crippen LogP contribution in [-0.4, -0.2) is 11.6 Å². The predicted octanol–water partition coefficient (Wildman–Crippen LogP) is 1.79. The summed E-state index contributed by atoms with van der Waals surface area (Å²) in [6, 6.07) is 7.58. The third kappa shape index (κ3) is 1.86. The molecule has 0 radical (unpaired) electrons. The van der Waals surface area contributed by atoms with Gasteiger partial charge in [0.2, 0.25) is 0 Å². The average Bonchev–Trinajstić information content (AvgIpc) is 2.38. The van der Waals surface area contributed by atoms with E-state index < -0.39 is 0 Å². The van der Waals surface area contributed by atoms with Crippen LogP contribution in [0.1, 0.15) is 12.5 Å². The maximum atomic E-state index is 8.96. The fourth-order valence-electron chi connectivity index (χ4n) is 1.71. The third-order valence-corrected chi connectivity index (χ3v) is 2.43. The highest BCUT2D eigenvalue weighted by Gasteiger charge is 2.10. The van der Waals surface area contributed by atoms with Crippen LogP contribution >= 0.6 is 0 Å². The molecule has 0 saturated heterocycles. The maximum absolute atomic E-state index is 8.96. The Labute approximate surface area is 98.8 Å². The summed E-state index contributed by atoms with van der Waals surface area (Å²) in [4.78, 5) is 4.24. The van der Waals surface area contributed by atoms with Gasteiger partial charge in [0.25, 0.3) is 0 Å². The van der Waals surface area contributed by atoms with Gasteiger partial charge < -0.3 is 10.2 Å². The van der Waals surface area contributed by atoms with Gasteiger partial charge in [-0.2, -0.15) is 5.26 Å². The summed E-state index contributed by atoms with van der Waals surface area (Å²) in [7, 11) is 0. The smallest absolute Gasteiger partial charge is 0.145 e. The Balaban J connectivity index is 2.74. The van der Waals surface area contributed by atoms with Crippen molar-refractivity contribution in [2.75, 3.05) is 12.0 Å². The molecule has 17 heavy (non-hydrogen) atoms. The first-order chi connectivity index (χ1) is 8.31. The van der Waals surface area contributed by atoms with Crippen molar-refractivity contribution in [2.24, 2.45) is 5.84 Å². The number of fused-ring (bicyclic) bond motifs is 1. The minimum absolute atomic E-state index is 0.411. The lowest BCUT2D eigenvalue weighted by Gasteiger charge is -2.10. The first-order valence-corrected chi connectivity index (χ1v) is 5.23. The monoisotopic (exact) mass is 228 g/mol. The summed E-state index contributed by atoms with van der Waals surface area (Å²) >= 11 is 0. The van der Waals surface area contributed by atoms with Crippen molar-refractivity contribution < 1.29 is 4.74 Å². The van der Waals surface area contributed by atoms with E-state index in [9.17, 15) is 0 Å². The molecule has 1 aromatic heterocycles.